The Hall–Kier alpha value is -1.15. The number of benzene rings is 1. The average Bonchev–Trinajstić information content (AvgIpc) is 2.18. The van der Waals surface area contributed by atoms with E-state index in [1.165, 1.54) is 16.7 Å². The molecule has 0 saturated carbocycles. The van der Waals surface area contributed by atoms with Crippen LogP contribution in [-0.2, 0) is 11.2 Å². The van der Waals surface area contributed by atoms with E-state index in [9.17, 15) is 4.79 Å². The molecule has 0 bridgehead atoms. The standard InChI is InChI=1S/C12H17NO/c1-10-3-4-12(9-11(10)2)5-6-13-7-8-14/h3-4,8-9,13H,5-7H2,1-2H3. The van der Waals surface area contributed by atoms with Crippen LogP contribution in [0.3, 0.4) is 0 Å². The van der Waals surface area contributed by atoms with Gasteiger partial charge in [-0.15, -0.1) is 0 Å². The summed E-state index contributed by atoms with van der Waals surface area (Å²) in [5.41, 5.74) is 3.99. The van der Waals surface area contributed by atoms with Gasteiger partial charge < -0.3 is 10.1 Å². The predicted molar refractivity (Wildman–Crippen MR) is 58.6 cm³/mol. The van der Waals surface area contributed by atoms with Gasteiger partial charge in [-0.05, 0) is 43.5 Å². The van der Waals surface area contributed by atoms with Crippen LogP contribution in [0, 0.1) is 13.8 Å². The van der Waals surface area contributed by atoms with Crippen LogP contribution in [0.15, 0.2) is 18.2 Å². The van der Waals surface area contributed by atoms with Gasteiger partial charge in [0, 0.05) is 0 Å². The summed E-state index contributed by atoms with van der Waals surface area (Å²) in [6, 6.07) is 6.49. The summed E-state index contributed by atoms with van der Waals surface area (Å²) in [6.07, 6.45) is 1.87. The Morgan fingerprint density at radius 2 is 2.07 bits per heavy atom. The third-order valence-corrected chi connectivity index (χ3v) is 2.39. The Balaban J connectivity index is 2.43. The first-order chi connectivity index (χ1) is 6.74. The summed E-state index contributed by atoms with van der Waals surface area (Å²) in [7, 11) is 0. The third-order valence-electron chi connectivity index (χ3n) is 2.39. The van der Waals surface area contributed by atoms with Gasteiger partial charge in [-0.1, -0.05) is 18.2 Å². The van der Waals surface area contributed by atoms with Crippen molar-refractivity contribution in [3.8, 4) is 0 Å². The maximum absolute atomic E-state index is 10.1. The van der Waals surface area contributed by atoms with Crippen LogP contribution in [0.1, 0.15) is 16.7 Å². The highest BCUT2D eigenvalue weighted by atomic mass is 16.1. The Morgan fingerprint density at radius 3 is 2.71 bits per heavy atom. The van der Waals surface area contributed by atoms with Crippen LogP contribution in [0.2, 0.25) is 0 Å². The fourth-order valence-corrected chi connectivity index (χ4v) is 1.35. The number of nitrogens with one attached hydrogen (secondary N) is 1. The summed E-state index contributed by atoms with van der Waals surface area (Å²) < 4.78 is 0. The van der Waals surface area contributed by atoms with Crippen LogP contribution in [0.25, 0.3) is 0 Å². The number of carbonyl (C=O) groups is 1. The number of hydrogen-bond acceptors (Lipinski definition) is 2. The van der Waals surface area contributed by atoms with E-state index in [2.05, 4.69) is 37.4 Å². The van der Waals surface area contributed by atoms with Crippen LogP contribution in [0.5, 0.6) is 0 Å². The first-order valence-corrected chi connectivity index (χ1v) is 4.94. The number of aryl methyl sites for hydroxylation is 2. The van der Waals surface area contributed by atoms with Crippen LogP contribution in [0.4, 0.5) is 0 Å². The van der Waals surface area contributed by atoms with Crippen molar-refractivity contribution in [2.75, 3.05) is 13.1 Å². The fraction of sp³-hybridized carbons (Fsp3) is 0.417. The minimum absolute atomic E-state index is 0.449. The van der Waals surface area contributed by atoms with Crippen molar-refractivity contribution < 1.29 is 4.79 Å². The lowest BCUT2D eigenvalue weighted by Gasteiger charge is -2.05. The molecule has 1 N–H and O–H groups in total. The van der Waals surface area contributed by atoms with Crippen molar-refractivity contribution in [2.24, 2.45) is 0 Å². The van der Waals surface area contributed by atoms with Crippen molar-refractivity contribution in [3.05, 3.63) is 34.9 Å². The predicted octanol–water partition coefficient (Wildman–Crippen LogP) is 1.63. The average molecular weight is 191 g/mol. The van der Waals surface area contributed by atoms with Gasteiger partial charge in [-0.25, -0.2) is 0 Å². The van der Waals surface area contributed by atoms with Crippen molar-refractivity contribution in [1.29, 1.82) is 0 Å². The SMILES string of the molecule is Cc1ccc(CCNCC=O)cc1C. The Morgan fingerprint density at radius 1 is 1.29 bits per heavy atom. The van der Waals surface area contributed by atoms with E-state index in [4.69, 9.17) is 0 Å². The van der Waals surface area contributed by atoms with E-state index in [1.807, 2.05) is 0 Å². The van der Waals surface area contributed by atoms with Gasteiger partial charge in [0.25, 0.3) is 0 Å². The second kappa shape index (κ2) is 5.55. The summed E-state index contributed by atoms with van der Waals surface area (Å²) in [6.45, 7) is 5.55. The lowest BCUT2D eigenvalue weighted by Crippen LogP contribution is -2.19. The van der Waals surface area contributed by atoms with Crippen LogP contribution >= 0.6 is 0 Å². The zero-order chi connectivity index (χ0) is 10.4. The molecule has 0 fully saturated rings. The molecule has 0 radical (unpaired) electrons. The van der Waals surface area contributed by atoms with Crippen LogP contribution in [-0.4, -0.2) is 19.4 Å². The largest absolute Gasteiger partial charge is 0.310 e. The molecule has 0 unspecified atom stereocenters. The second-order valence-corrected chi connectivity index (χ2v) is 3.54. The molecule has 2 heteroatoms. The summed E-state index contributed by atoms with van der Waals surface area (Å²) >= 11 is 0. The molecule has 0 aliphatic heterocycles. The van der Waals surface area contributed by atoms with Crippen molar-refractivity contribution in [1.82, 2.24) is 5.32 Å². The van der Waals surface area contributed by atoms with Gasteiger partial charge in [0.15, 0.2) is 0 Å². The van der Waals surface area contributed by atoms with E-state index in [0.717, 1.165) is 19.3 Å². The lowest BCUT2D eigenvalue weighted by molar-refractivity contribution is -0.107. The molecular weight excluding hydrogens is 174 g/mol. The van der Waals surface area contributed by atoms with E-state index in [-0.39, 0.29) is 0 Å². The Kier molecular flexibility index (Phi) is 4.33. The Bertz CT molecular complexity index is 307. The van der Waals surface area contributed by atoms with Gasteiger partial charge >= 0.3 is 0 Å². The van der Waals surface area contributed by atoms with Crippen molar-refractivity contribution in [3.63, 3.8) is 0 Å². The monoisotopic (exact) mass is 191 g/mol. The number of carbonyl (C=O) groups excluding carboxylic acids is 1. The highest BCUT2D eigenvalue weighted by Crippen LogP contribution is 2.09. The normalized spacial score (nSPS) is 10.1. The summed E-state index contributed by atoms with van der Waals surface area (Å²) in [5, 5.41) is 3.05. The molecule has 0 heterocycles. The molecule has 1 aromatic rings. The fourth-order valence-electron chi connectivity index (χ4n) is 1.35. The number of rotatable bonds is 5. The quantitative estimate of drug-likeness (QED) is 0.566. The topological polar surface area (TPSA) is 29.1 Å². The minimum Gasteiger partial charge on any atom is -0.310 e. The van der Waals surface area contributed by atoms with E-state index < -0.39 is 0 Å². The molecule has 0 aliphatic carbocycles. The van der Waals surface area contributed by atoms with Gasteiger partial charge in [0.2, 0.25) is 0 Å². The van der Waals surface area contributed by atoms with Gasteiger partial charge in [0.1, 0.15) is 6.29 Å². The van der Waals surface area contributed by atoms with E-state index in [0.29, 0.717) is 6.54 Å². The smallest absolute Gasteiger partial charge is 0.133 e. The van der Waals surface area contributed by atoms with Crippen molar-refractivity contribution >= 4 is 6.29 Å². The maximum Gasteiger partial charge on any atom is 0.133 e. The molecule has 0 atom stereocenters. The van der Waals surface area contributed by atoms with E-state index in [1.54, 1.807) is 0 Å². The highest BCUT2D eigenvalue weighted by molar-refractivity contribution is 5.51. The molecule has 2 nitrogen and oxygen atoms in total. The van der Waals surface area contributed by atoms with Gasteiger partial charge in [0.05, 0.1) is 6.54 Å². The van der Waals surface area contributed by atoms with E-state index >= 15 is 0 Å². The molecule has 14 heavy (non-hydrogen) atoms. The van der Waals surface area contributed by atoms with Gasteiger partial charge in [-0.2, -0.15) is 0 Å². The first-order valence-electron chi connectivity index (χ1n) is 4.94. The molecule has 0 amide bonds. The molecule has 0 spiro atoms. The summed E-state index contributed by atoms with van der Waals surface area (Å²) in [4.78, 5) is 10.1. The second-order valence-electron chi connectivity index (χ2n) is 3.54. The summed E-state index contributed by atoms with van der Waals surface area (Å²) in [5.74, 6) is 0. The first kappa shape index (κ1) is 10.9. The Labute approximate surface area is 85.3 Å². The molecule has 1 rings (SSSR count). The number of aldehydes is 1. The minimum atomic E-state index is 0.449. The molecular formula is C12H17NO. The molecule has 0 aromatic heterocycles. The zero-order valence-electron chi connectivity index (χ0n) is 8.84. The third kappa shape index (κ3) is 3.30. The lowest BCUT2D eigenvalue weighted by atomic mass is 10.0. The highest BCUT2D eigenvalue weighted by Gasteiger charge is 1.95. The maximum atomic E-state index is 10.1. The molecule has 0 aliphatic rings. The van der Waals surface area contributed by atoms with Crippen molar-refractivity contribution in [2.45, 2.75) is 20.3 Å². The van der Waals surface area contributed by atoms with Crippen LogP contribution < -0.4 is 5.32 Å². The van der Waals surface area contributed by atoms with Gasteiger partial charge in [-0.3, -0.25) is 0 Å². The number of hydrogen-bond donors (Lipinski definition) is 1. The molecule has 76 valence electrons. The molecule has 0 saturated heterocycles. The molecule has 1 aromatic carbocycles. The zero-order valence-corrected chi connectivity index (χ0v) is 8.84.